The molecule has 2 N–H and O–H groups in total. The van der Waals surface area contributed by atoms with Crippen LogP contribution in [0.15, 0.2) is 30.3 Å². The zero-order valence-corrected chi connectivity index (χ0v) is 10.7. The van der Waals surface area contributed by atoms with Crippen LogP contribution in [0, 0.1) is 11.3 Å². The summed E-state index contributed by atoms with van der Waals surface area (Å²) in [6.45, 7) is 3.08. The summed E-state index contributed by atoms with van der Waals surface area (Å²) in [5.41, 5.74) is -0.572. The Hall–Kier alpha value is -2.17. The molecule has 1 atom stereocenters. The Morgan fingerprint density at radius 3 is 1.95 bits per heavy atom. The molecular formula is C14H16O5. The molecule has 1 unspecified atom stereocenters. The smallest absolute Gasteiger partial charge is 0.318 e. The van der Waals surface area contributed by atoms with Crippen LogP contribution in [0.25, 0.3) is 0 Å². The van der Waals surface area contributed by atoms with Gasteiger partial charge in [0.25, 0.3) is 0 Å². The fourth-order valence-corrected chi connectivity index (χ4v) is 2.18. The fraction of sp³-hybridized carbons (Fsp3) is 0.357. The molecule has 0 heterocycles. The van der Waals surface area contributed by atoms with Crippen molar-refractivity contribution < 1.29 is 24.6 Å². The fourth-order valence-electron chi connectivity index (χ4n) is 2.18. The summed E-state index contributed by atoms with van der Waals surface area (Å²) in [7, 11) is 0. The Kier molecular flexibility index (Phi) is 4.43. The minimum Gasteiger partial charge on any atom is -0.481 e. The highest BCUT2D eigenvalue weighted by Crippen LogP contribution is 2.40. The van der Waals surface area contributed by atoms with Crippen LogP contribution < -0.4 is 0 Å². The van der Waals surface area contributed by atoms with E-state index in [1.807, 2.05) is 0 Å². The van der Waals surface area contributed by atoms with Gasteiger partial charge in [-0.3, -0.25) is 9.59 Å². The molecule has 5 nitrogen and oxygen atoms in total. The Labute approximate surface area is 110 Å². The molecule has 1 aromatic rings. The second-order valence-electron chi connectivity index (χ2n) is 4.98. The van der Waals surface area contributed by atoms with Gasteiger partial charge in [0.15, 0.2) is 5.92 Å². The topological polar surface area (TPSA) is 91.7 Å². The number of carboxylic acids is 2. The van der Waals surface area contributed by atoms with E-state index >= 15 is 0 Å². The summed E-state index contributed by atoms with van der Waals surface area (Å²) >= 11 is 0. The van der Waals surface area contributed by atoms with E-state index in [9.17, 15) is 14.4 Å². The molecular weight excluding hydrogens is 248 g/mol. The van der Waals surface area contributed by atoms with E-state index in [2.05, 4.69) is 0 Å². The van der Waals surface area contributed by atoms with Gasteiger partial charge in [0.05, 0.1) is 0 Å². The van der Waals surface area contributed by atoms with Crippen molar-refractivity contribution in [1.82, 2.24) is 0 Å². The lowest BCUT2D eigenvalue weighted by atomic mass is 9.69. The van der Waals surface area contributed by atoms with Crippen LogP contribution in [0.1, 0.15) is 25.3 Å². The highest BCUT2D eigenvalue weighted by molar-refractivity contribution is 5.94. The maximum Gasteiger partial charge on any atom is 0.318 e. The van der Waals surface area contributed by atoms with Crippen molar-refractivity contribution in [2.24, 2.45) is 11.3 Å². The van der Waals surface area contributed by atoms with E-state index in [0.29, 0.717) is 11.8 Å². The summed E-state index contributed by atoms with van der Waals surface area (Å²) in [5, 5.41) is 18.3. The third-order valence-corrected chi connectivity index (χ3v) is 3.13. The molecule has 1 rings (SSSR count). The molecule has 19 heavy (non-hydrogen) atoms. The van der Waals surface area contributed by atoms with Crippen molar-refractivity contribution in [3.8, 4) is 0 Å². The zero-order chi connectivity index (χ0) is 14.6. The lowest BCUT2D eigenvalue weighted by molar-refractivity contribution is -0.157. The third kappa shape index (κ3) is 3.19. The summed E-state index contributed by atoms with van der Waals surface area (Å²) in [5.74, 6) is -5.49. The average Bonchev–Trinajstić information content (AvgIpc) is 2.35. The Balaban J connectivity index is 3.39. The number of hydrogen-bond acceptors (Lipinski definition) is 3. The normalized spacial score (nSPS) is 13.0. The molecule has 102 valence electrons. The quantitative estimate of drug-likeness (QED) is 0.603. The molecule has 0 aliphatic carbocycles. The predicted molar refractivity (Wildman–Crippen MR) is 67.8 cm³/mol. The molecule has 0 aromatic heterocycles. The Morgan fingerprint density at radius 2 is 1.58 bits per heavy atom. The molecule has 0 fully saturated rings. The van der Waals surface area contributed by atoms with Crippen LogP contribution in [-0.4, -0.2) is 28.4 Å². The zero-order valence-electron chi connectivity index (χ0n) is 10.7. The van der Waals surface area contributed by atoms with Crippen molar-refractivity contribution in [2.45, 2.75) is 19.8 Å². The van der Waals surface area contributed by atoms with Gasteiger partial charge in [-0.15, -0.1) is 0 Å². The second-order valence-corrected chi connectivity index (χ2v) is 4.98. The molecule has 0 saturated carbocycles. The van der Waals surface area contributed by atoms with Gasteiger partial charge in [-0.2, -0.15) is 0 Å². The first-order chi connectivity index (χ1) is 8.81. The van der Waals surface area contributed by atoms with Crippen LogP contribution in [0.5, 0.6) is 0 Å². The maximum absolute atomic E-state index is 11.2. The molecule has 0 spiro atoms. The SMILES string of the molecule is CC(C)(C=O)C(c1ccccc1)C(C(=O)O)C(=O)O. The first-order valence-electron chi connectivity index (χ1n) is 5.78. The lowest BCUT2D eigenvalue weighted by Gasteiger charge is -2.32. The Bertz CT molecular complexity index is 464. The van der Waals surface area contributed by atoms with Gasteiger partial charge < -0.3 is 15.0 Å². The number of aldehydes is 1. The number of aliphatic carboxylic acids is 2. The summed E-state index contributed by atoms with van der Waals surface area (Å²) in [4.78, 5) is 33.6. The van der Waals surface area contributed by atoms with Gasteiger partial charge in [0.1, 0.15) is 6.29 Å². The molecule has 5 heteroatoms. The van der Waals surface area contributed by atoms with Crippen molar-refractivity contribution in [3.05, 3.63) is 35.9 Å². The predicted octanol–water partition coefficient (Wildman–Crippen LogP) is 1.78. The number of benzene rings is 1. The van der Waals surface area contributed by atoms with E-state index in [1.165, 1.54) is 13.8 Å². The van der Waals surface area contributed by atoms with Crippen molar-refractivity contribution in [2.75, 3.05) is 0 Å². The molecule has 1 aromatic carbocycles. The van der Waals surface area contributed by atoms with Crippen molar-refractivity contribution in [1.29, 1.82) is 0 Å². The van der Waals surface area contributed by atoms with E-state index in [0.717, 1.165) is 0 Å². The number of hydrogen-bond donors (Lipinski definition) is 2. The van der Waals surface area contributed by atoms with Crippen LogP contribution in [0.2, 0.25) is 0 Å². The monoisotopic (exact) mass is 264 g/mol. The minimum atomic E-state index is -1.66. The van der Waals surface area contributed by atoms with E-state index in [4.69, 9.17) is 10.2 Å². The van der Waals surface area contributed by atoms with E-state index < -0.39 is 29.2 Å². The van der Waals surface area contributed by atoms with Crippen LogP contribution in [0.4, 0.5) is 0 Å². The highest BCUT2D eigenvalue weighted by Gasteiger charge is 2.44. The largest absolute Gasteiger partial charge is 0.481 e. The second kappa shape index (κ2) is 5.65. The molecule has 0 bridgehead atoms. The standard InChI is InChI=1S/C14H16O5/c1-14(2,8-15)11(9-6-4-3-5-7-9)10(12(16)17)13(18)19/h3-8,10-11H,1-2H3,(H,16,17)(H,18,19). The van der Waals surface area contributed by atoms with Gasteiger partial charge in [-0.1, -0.05) is 44.2 Å². The van der Waals surface area contributed by atoms with E-state index in [1.54, 1.807) is 30.3 Å². The van der Waals surface area contributed by atoms with Crippen molar-refractivity contribution >= 4 is 18.2 Å². The van der Waals surface area contributed by atoms with Gasteiger partial charge in [-0.25, -0.2) is 0 Å². The highest BCUT2D eigenvalue weighted by atomic mass is 16.4. The average molecular weight is 264 g/mol. The maximum atomic E-state index is 11.2. The minimum absolute atomic E-state index is 0.523. The summed E-state index contributed by atoms with van der Waals surface area (Å²) < 4.78 is 0. The van der Waals surface area contributed by atoms with Gasteiger partial charge in [0.2, 0.25) is 0 Å². The van der Waals surface area contributed by atoms with Crippen LogP contribution in [-0.2, 0) is 14.4 Å². The molecule has 0 saturated heterocycles. The van der Waals surface area contributed by atoms with Crippen LogP contribution in [0.3, 0.4) is 0 Å². The van der Waals surface area contributed by atoms with Gasteiger partial charge >= 0.3 is 11.9 Å². The molecule has 0 aliphatic heterocycles. The van der Waals surface area contributed by atoms with Gasteiger partial charge in [0, 0.05) is 11.3 Å². The van der Waals surface area contributed by atoms with Crippen molar-refractivity contribution in [3.63, 3.8) is 0 Å². The number of carbonyl (C=O) groups excluding carboxylic acids is 1. The summed E-state index contributed by atoms with van der Waals surface area (Å²) in [6.07, 6.45) is 0.601. The third-order valence-electron chi connectivity index (χ3n) is 3.13. The Morgan fingerprint density at radius 1 is 1.11 bits per heavy atom. The molecule has 0 amide bonds. The number of rotatable bonds is 6. The van der Waals surface area contributed by atoms with Crippen LogP contribution >= 0.6 is 0 Å². The molecule has 0 aliphatic rings. The molecule has 0 radical (unpaired) electrons. The van der Waals surface area contributed by atoms with E-state index in [-0.39, 0.29) is 0 Å². The first kappa shape index (κ1) is 14.9. The number of carboxylic acid groups (broad SMARTS) is 2. The first-order valence-corrected chi connectivity index (χ1v) is 5.78. The number of carbonyl (C=O) groups is 3. The summed E-state index contributed by atoms with van der Waals surface area (Å²) in [6, 6.07) is 8.38. The van der Waals surface area contributed by atoms with Gasteiger partial charge in [-0.05, 0) is 5.56 Å². The lowest BCUT2D eigenvalue weighted by Crippen LogP contribution is -2.38.